The summed E-state index contributed by atoms with van der Waals surface area (Å²) in [5.41, 5.74) is 6.84. The Morgan fingerprint density at radius 1 is 1.04 bits per heavy atom. The first kappa shape index (κ1) is 16.5. The van der Waals surface area contributed by atoms with Gasteiger partial charge in [0.25, 0.3) is 5.82 Å². The van der Waals surface area contributed by atoms with E-state index in [-0.39, 0.29) is 0 Å². The lowest BCUT2D eigenvalue weighted by Gasteiger charge is -2.21. The molecule has 1 fully saturated rings. The summed E-state index contributed by atoms with van der Waals surface area (Å²) in [6.07, 6.45) is 6.47. The molecule has 0 radical (unpaired) electrons. The van der Waals surface area contributed by atoms with Crippen LogP contribution in [0, 0.1) is 13.8 Å². The molecule has 2 heterocycles. The van der Waals surface area contributed by atoms with E-state index in [0.717, 1.165) is 17.0 Å². The van der Waals surface area contributed by atoms with E-state index >= 15 is 0 Å². The van der Waals surface area contributed by atoms with E-state index in [1.807, 2.05) is 6.92 Å². The van der Waals surface area contributed by atoms with Gasteiger partial charge >= 0.3 is 0 Å². The molecule has 0 atom stereocenters. The number of aryl methyl sites for hydroxylation is 3. The number of fused-ring (bicyclic) bond motifs is 2. The highest BCUT2D eigenvalue weighted by Gasteiger charge is 2.33. The average molecular weight is 360 g/mol. The van der Waals surface area contributed by atoms with Gasteiger partial charge in [0.2, 0.25) is 0 Å². The van der Waals surface area contributed by atoms with Gasteiger partial charge in [-0.05, 0) is 56.4 Å². The molecule has 0 unspecified atom stereocenters. The third kappa shape index (κ3) is 2.50. The van der Waals surface area contributed by atoms with E-state index in [1.54, 1.807) is 0 Å². The molecule has 1 saturated carbocycles. The summed E-state index contributed by atoms with van der Waals surface area (Å²) in [4.78, 5) is 4.58. The van der Waals surface area contributed by atoms with E-state index in [1.165, 1.54) is 60.1 Å². The van der Waals surface area contributed by atoms with Crippen molar-refractivity contribution in [3.05, 3.63) is 47.9 Å². The Bertz CT molecular complexity index is 1150. The molecule has 2 aromatic heterocycles. The fourth-order valence-electron chi connectivity index (χ4n) is 4.82. The molecule has 0 N–H and O–H groups in total. The molecule has 4 heteroatoms. The Morgan fingerprint density at radius 2 is 1.81 bits per heavy atom. The zero-order valence-electron chi connectivity index (χ0n) is 16.3. The minimum atomic E-state index is 0.540. The Kier molecular flexibility index (Phi) is 3.81. The summed E-state index contributed by atoms with van der Waals surface area (Å²) in [6.45, 7) is 4.10. The summed E-state index contributed by atoms with van der Waals surface area (Å²) in [7, 11) is 2.18. The lowest BCUT2D eigenvalue weighted by Crippen LogP contribution is -2.31. The molecule has 138 valence electrons. The van der Waals surface area contributed by atoms with Crippen LogP contribution >= 0.6 is 0 Å². The maximum absolute atomic E-state index is 6.09. The predicted molar refractivity (Wildman–Crippen MR) is 108 cm³/mol. The van der Waals surface area contributed by atoms with Gasteiger partial charge in [-0.15, -0.1) is 0 Å². The van der Waals surface area contributed by atoms with Gasteiger partial charge in [-0.2, -0.15) is 0 Å². The second-order valence-corrected chi connectivity index (χ2v) is 7.87. The maximum Gasteiger partial charge on any atom is 0.294 e. The number of hydrogen-bond donors (Lipinski definition) is 0. The standard InChI is InChI=1S/C23H26N3O/c1-15-13-14-18-22(27-16(2)24-18)21(15)23-25(3)19-11-7-8-12-20(19)26(23)17-9-5-4-6-10-17/h7-8,11-14,17H,4-6,9-10H2,1-3H3/q+1. The van der Waals surface area contributed by atoms with E-state index in [9.17, 15) is 0 Å². The summed E-state index contributed by atoms with van der Waals surface area (Å²) in [5.74, 6) is 1.96. The van der Waals surface area contributed by atoms with Crippen molar-refractivity contribution in [2.75, 3.05) is 0 Å². The van der Waals surface area contributed by atoms with E-state index < -0.39 is 0 Å². The van der Waals surface area contributed by atoms with Crippen LogP contribution in [0.4, 0.5) is 0 Å². The first-order valence-electron chi connectivity index (χ1n) is 10.0. The molecule has 27 heavy (non-hydrogen) atoms. The molecule has 0 aliphatic heterocycles. The molecule has 0 bridgehead atoms. The zero-order chi connectivity index (χ0) is 18.5. The molecule has 0 spiro atoms. The number of para-hydroxylation sites is 2. The van der Waals surface area contributed by atoms with E-state index in [0.29, 0.717) is 6.04 Å². The Balaban J connectivity index is 1.89. The van der Waals surface area contributed by atoms with Crippen molar-refractivity contribution in [3.63, 3.8) is 0 Å². The second-order valence-electron chi connectivity index (χ2n) is 7.87. The average Bonchev–Trinajstić information content (AvgIpc) is 3.20. The quantitative estimate of drug-likeness (QED) is 0.449. The number of imidazole rings is 1. The molecule has 5 rings (SSSR count). The second kappa shape index (κ2) is 6.22. The number of aromatic nitrogens is 3. The first-order chi connectivity index (χ1) is 13.1. The minimum Gasteiger partial charge on any atom is -0.440 e. The smallest absolute Gasteiger partial charge is 0.294 e. The largest absolute Gasteiger partial charge is 0.440 e. The van der Waals surface area contributed by atoms with Crippen molar-refractivity contribution in [2.24, 2.45) is 7.05 Å². The highest BCUT2D eigenvalue weighted by atomic mass is 16.3. The van der Waals surface area contributed by atoms with Gasteiger partial charge in [0.1, 0.15) is 17.1 Å². The van der Waals surface area contributed by atoms with E-state index in [2.05, 4.69) is 64.5 Å². The number of oxazole rings is 1. The fraction of sp³-hybridized carbons (Fsp3) is 0.391. The third-order valence-corrected chi connectivity index (χ3v) is 6.08. The van der Waals surface area contributed by atoms with Crippen molar-refractivity contribution < 1.29 is 8.98 Å². The van der Waals surface area contributed by atoms with Crippen LogP contribution in [0.15, 0.2) is 40.8 Å². The summed E-state index contributed by atoms with van der Waals surface area (Å²) < 4.78 is 11.0. The van der Waals surface area contributed by atoms with Gasteiger partial charge in [0, 0.05) is 6.92 Å². The number of hydrogen-bond acceptors (Lipinski definition) is 2. The molecule has 4 aromatic rings. The summed E-state index contributed by atoms with van der Waals surface area (Å²) >= 11 is 0. The Morgan fingerprint density at radius 3 is 2.63 bits per heavy atom. The van der Waals surface area contributed by atoms with Crippen LogP contribution in [-0.2, 0) is 7.05 Å². The molecular formula is C23H26N3O+. The summed E-state index contributed by atoms with van der Waals surface area (Å²) in [5, 5.41) is 0. The number of nitrogens with zero attached hydrogens (tertiary/aromatic N) is 3. The molecule has 0 amide bonds. The van der Waals surface area contributed by atoms with Crippen molar-refractivity contribution in [2.45, 2.75) is 52.0 Å². The molecule has 4 nitrogen and oxygen atoms in total. The normalized spacial score (nSPS) is 15.8. The highest BCUT2D eigenvalue weighted by molar-refractivity contribution is 5.91. The van der Waals surface area contributed by atoms with Crippen LogP contribution in [0.3, 0.4) is 0 Å². The Labute approximate surface area is 159 Å². The molecule has 2 aromatic carbocycles. The van der Waals surface area contributed by atoms with Crippen LogP contribution in [0.5, 0.6) is 0 Å². The van der Waals surface area contributed by atoms with E-state index in [4.69, 9.17) is 4.42 Å². The SMILES string of the molecule is Cc1nc2ccc(C)c(-c3n(C4CCCCC4)c4ccccc4[n+]3C)c2o1. The Hall–Kier alpha value is -2.62. The predicted octanol–water partition coefficient (Wildman–Crippen LogP) is 5.40. The number of benzene rings is 2. The maximum atomic E-state index is 6.09. The molecule has 0 saturated heterocycles. The van der Waals surface area contributed by atoms with Gasteiger partial charge in [-0.1, -0.05) is 24.6 Å². The van der Waals surface area contributed by atoms with Crippen molar-refractivity contribution >= 4 is 22.1 Å². The zero-order valence-corrected chi connectivity index (χ0v) is 16.3. The molecule has 1 aliphatic carbocycles. The fourth-order valence-corrected chi connectivity index (χ4v) is 4.82. The summed E-state index contributed by atoms with van der Waals surface area (Å²) in [6, 6.07) is 13.5. The van der Waals surface area contributed by atoms with Crippen LogP contribution in [0.1, 0.15) is 49.6 Å². The lowest BCUT2D eigenvalue weighted by atomic mass is 9.94. The van der Waals surface area contributed by atoms with Crippen molar-refractivity contribution in [1.29, 1.82) is 0 Å². The van der Waals surface area contributed by atoms with Gasteiger partial charge in [-0.3, -0.25) is 0 Å². The van der Waals surface area contributed by atoms with Gasteiger partial charge in [0.05, 0.1) is 7.05 Å². The van der Waals surface area contributed by atoms with Crippen LogP contribution in [-0.4, -0.2) is 9.55 Å². The highest BCUT2D eigenvalue weighted by Crippen LogP contribution is 2.38. The van der Waals surface area contributed by atoms with Crippen LogP contribution in [0.25, 0.3) is 33.5 Å². The van der Waals surface area contributed by atoms with Gasteiger partial charge in [0.15, 0.2) is 22.5 Å². The van der Waals surface area contributed by atoms with Crippen molar-refractivity contribution in [1.82, 2.24) is 9.55 Å². The molecular weight excluding hydrogens is 334 g/mol. The van der Waals surface area contributed by atoms with Crippen LogP contribution in [0.2, 0.25) is 0 Å². The molecule has 1 aliphatic rings. The third-order valence-electron chi connectivity index (χ3n) is 6.08. The minimum absolute atomic E-state index is 0.540. The lowest BCUT2D eigenvalue weighted by molar-refractivity contribution is -0.634. The first-order valence-corrected chi connectivity index (χ1v) is 10.0. The van der Waals surface area contributed by atoms with Gasteiger partial charge < -0.3 is 4.42 Å². The number of rotatable bonds is 2. The monoisotopic (exact) mass is 360 g/mol. The van der Waals surface area contributed by atoms with Crippen LogP contribution < -0.4 is 4.57 Å². The van der Waals surface area contributed by atoms with Gasteiger partial charge in [-0.25, -0.2) is 14.1 Å². The topological polar surface area (TPSA) is 34.8 Å². The van der Waals surface area contributed by atoms with Crippen molar-refractivity contribution in [3.8, 4) is 11.4 Å².